The fourth-order valence-corrected chi connectivity index (χ4v) is 1.74. The van der Waals surface area contributed by atoms with Crippen molar-refractivity contribution in [3.05, 3.63) is 67.1 Å². The van der Waals surface area contributed by atoms with Gasteiger partial charge in [0.1, 0.15) is 0 Å². The minimum absolute atomic E-state index is 0.957. The molecule has 0 heterocycles. The molecule has 0 heteroatoms. The quantitative estimate of drug-likeness (QED) is 0.691. The predicted molar refractivity (Wildman–Crippen MR) is 65.6 cm³/mol. The summed E-state index contributed by atoms with van der Waals surface area (Å²) in [6.07, 6.45) is 2.01. The van der Waals surface area contributed by atoms with Crippen LogP contribution in [0.15, 0.2) is 54.6 Å². The van der Waals surface area contributed by atoms with Gasteiger partial charge in [-0.25, -0.2) is 0 Å². The molecule has 0 saturated heterocycles. The van der Waals surface area contributed by atoms with Crippen LogP contribution >= 0.6 is 0 Å². The summed E-state index contributed by atoms with van der Waals surface area (Å²) in [7, 11) is 0. The Labute approximate surface area is 91.6 Å². The third-order valence-corrected chi connectivity index (χ3v) is 2.50. The Morgan fingerprint density at radius 3 is 2.27 bits per heavy atom. The second-order valence-electron chi connectivity index (χ2n) is 3.67. The summed E-state index contributed by atoms with van der Waals surface area (Å²) in [5.74, 6) is 0. The van der Waals surface area contributed by atoms with Crippen molar-refractivity contribution >= 4 is 0 Å². The first-order valence-corrected chi connectivity index (χ1v) is 5.34. The number of hydrogen-bond donors (Lipinski definition) is 0. The summed E-state index contributed by atoms with van der Waals surface area (Å²) in [4.78, 5) is 0. The lowest BCUT2D eigenvalue weighted by Gasteiger charge is -2.04. The minimum Gasteiger partial charge on any atom is -0.0622 e. The van der Waals surface area contributed by atoms with Crippen molar-refractivity contribution in [1.82, 2.24) is 0 Å². The molecule has 0 bridgehead atoms. The minimum atomic E-state index is 0.957. The summed E-state index contributed by atoms with van der Waals surface area (Å²) in [6, 6.07) is 19.2. The van der Waals surface area contributed by atoms with Gasteiger partial charge in [-0.2, -0.15) is 0 Å². The molecule has 0 aliphatic heterocycles. The van der Waals surface area contributed by atoms with Crippen molar-refractivity contribution < 1.29 is 0 Å². The highest BCUT2D eigenvalue weighted by molar-refractivity contribution is 5.63. The summed E-state index contributed by atoms with van der Waals surface area (Å²) in [5.41, 5.74) is 3.94. The zero-order chi connectivity index (χ0) is 10.5. The molecule has 0 nitrogen and oxygen atoms in total. The molecule has 2 rings (SSSR count). The van der Waals surface area contributed by atoms with Crippen LogP contribution in [0.25, 0.3) is 11.1 Å². The van der Waals surface area contributed by atoms with Crippen molar-refractivity contribution in [2.45, 2.75) is 12.8 Å². The number of benzene rings is 2. The first kappa shape index (κ1) is 9.97. The van der Waals surface area contributed by atoms with E-state index in [4.69, 9.17) is 0 Å². The van der Waals surface area contributed by atoms with Gasteiger partial charge in [0.2, 0.25) is 0 Å². The van der Waals surface area contributed by atoms with Gasteiger partial charge in [-0.1, -0.05) is 61.5 Å². The van der Waals surface area contributed by atoms with E-state index >= 15 is 0 Å². The molecule has 2 aromatic rings. The SMILES string of the molecule is [CH2]CCc1cccc(-c2ccccc2)c1. The molecule has 0 saturated carbocycles. The van der Waals surface area contributed by atoms with Crippen LogP contribution in [-0.2, 0) is 6.42 Å². The van der Waals surface area contributed by atoms with Gasteiger partial charge in [0, 0.05) is 0 Å². The van der Waals surface area contributed by atoms with E-state index in [9.17, 15) is 0 Å². The van der Waals surface area contributed by atoms with E-state index in [1.807, 2.05) is 6.07 Å². The molecule has 0 aliphatic carbocycles. The largest absolute Gasteiger partial charge is 0.0622 e. The maximum absolute atomic E-state index is 3.88. The standard InChI is InChI=1S/C15H15/c1-2-7-13-8-6-11-15(12-13)14-9-4-3-5-10-14/h3-6,8-12H,1-2,7H2. The number of rotatable bonds is 3. The Kier molecular flexibility index (Phi) is 3.18. The van der Waals surface area contributed by atoms with Gasteiger partial charge in [-0.3, -0.25) is 0 Å². The molecule has 2 aromatic carbocycles. The first-order valence-electron chi connectivity index (χ1n) is 5.34. The summed E-state index contributed by atoms with van der Waals surface area (Å²) in [5, 5.41) is 0. The average Bonchev–Trinajstić information content (AvgIpc) is 2.31. The molecule has 0 aromatic heterocycles. The van der Waals surface area contributed by atoms with Gasteiger partial charge >= 0.3 is 0 Å². The smallest absolute Gasteiger partial charge is 0.0181 e. The Hall–Kier alpha value is -1.56. The molecular weight excluding hydrogens is 180 g/mol. The molecule has 75 valence electrons. The molecule has 0 unspecified atom stereocenters. The highest BCUT2D eigenvalue weighted by Gasteiger charge is 1.97. The highest BCUT2D eigenvalue weighted by atomic mass is 14.0. The normalized spacial score (nSPS) is 10.2. The molecular formula is C15H15. The van der Waals surface area contributed by atoms with Crippen LogP contribution in [0.1, 0.15) is 12.0 Å². The number of aryl methyl sites for hydroxylation is 1. The van der Waals surface area contributed by atoms with Crippen LogP contribution in [0.2, 0.25) is 0 Å². The highest BCUT2D eigenvalue weighted by Crippen LogP contribution is 2.20. The van der Waals surface area contributed by atoms with Gasteiger partial charge in [0.25, 0.3) is 0 Å². The number of hydrogen-bond acceptors (Lipinski definition) is 0. The van der Waals surface area contributed by atoms with Gasteiger partial charge < -0.3 is 0 Å². The van der Waals surface area contributed by atoms with E-state index in [1.54, 1.807) is 0 Å². The van der Waals surface area contributed by atoms with E-state index in [0.29, 0.717) is 0 Å². The van der Waals surface area contributed by atoms with Crippen molar-refractivity contribution in [3.8, 4) is 11.1 Å². The van der Waals surface area contributed by atoms with Gasteiger partial charge in [-0.15, -0.1) is 0 Å². The summed E-state index contributed by atoms with van der Waals surface area (Å²) >= 11 is 0. The van der Waals surface area contributed by atoms with Crippen LogP contribution < -0.4 is 0 Å². The Morgan fingerprint density at radius 1 is 0.800 bits per heavy atom. The van der Waals surface area contributed by atoms with Crippen molar-refractivity contribution in [1.29, 1.82) is 0 Å². The second kappa shape index (κ2) is 4.79. The third-order valence-electron chi connectivity index (χ3n) is 2.50. The lowest BCUT2D eigenvalue weighted by atomic mass is 10.0. The molecule has 0 atom stereocenters. The van der Waals surface area contributed by atoms with E-state index in [1.165, 1.54) is 16.7 Å². The van der Waals surface area contributed by atoms with Crippen LogP contribution in [0.3, 0.4) is 0 Å². The lowest BCUT2D eigenvalue weighted by molar-refractivity contribution is 1.000. The van der Waals surface area contributed by atoms with Crippen molar-refractivity contribution in [2.24, 2.45) is 0 Å². The van der Waals surface area contributed by atoms with Crippen molar-refractivity contribution in [2.75, 3.05) is 0 Å². The zero-order valence-electron chi connectivity index (χ0n) is 8.82. The summed E-state index contributed by atoms with van der Waals surface area (Å²) in [6.45, 7) is 3.88. The second-order valence-corrected chi connectivity index (χ2v) is 3.67. The fraction of sp³-hybridized carbons (Fsp3) is 0.133. The van der Waals surface area contributed by atoms with E-state index in [2.05, 4.69) is 55.5 Å². The topological polar surface area (TPSA) is 0 Å². The molecule has 0 spiro atoms. The maximum Gasteiger partial charge on any atom is -0.0181 e. The van der Waals surface area contributed by atoms with Crippen molar-refractivity contribution in [3.63, 3.8) is 0 Å². The van der Waals surface area contributed by atoms with Gasteiger partial charge in [0.15, 0.2) is 0 Å². The maximum atomic E-state index is 3.88. The van der Waals surface area contributed by atoms with Gasteiger partial charge in [0.05, 0.1) is 0 Å². The Bertz CT molecular complexity index is 415. The Balaban J connectivity index is 2.33. The Morgan fingerprint density at radius 2 is 1.53 bits per heavy atom. The lowest BCUT2D eigenvalue weighted by Crippen LogP contribution is -1.84. The molecule has 15 heavy (non-hydrogen) atoms. The fourth-order valence-electron chi connectivity index (χ4n) is 1.74. The molecule has 1 radical (unpaired) electrons. The molecule has 0 aliphatic rings. The first-order chi connectivity index (χ1) is 7.40. The van der Waals surface area contributed by atoms with Crippen LogP contribution in [-0.4, -0.2) is 0 Å². The molecule has 0 N–H and O–H groups in total. The average molecular weight is 195 g/mol. The third kappa shape index (κ3) is 2.47. The van der Waals surface area contributed by atoms with Crippen LogP contribution in [0, 0.1) is 6.92 Å². The van der Waals surface area contributed by atoms with E-state index in [0.717, 1.165) is 12.8 Å². The molecule has 0 fully saturated rings. The predicted octanol–water partition coefficient (Wildman–Crippen LogP) is 4.12. The van der Waals surface area contributed by atoms with Crippen LogP contribution in [0.4, 0.5) is 0 Å². The van der Waals surface area contributed by atoms with Gasteiger partial charge in [-0.05, 0) is 29.5 Å². The summed E-state index contributed by atoms with van der Waals surface area (Å²) < 4.78 is 0. The monoisotopic (exact) mass is 195 g/mol. The van der Waals surface area contributed by atoms with E-state index < -0.39 is 0 Å². The van der Waals surface area contributed by atoms with E-state index in [-0.39, 0.29) is 0 Å². The van der Waals surface area contributed by atoms with Crippen LogP contribution in [0.5, 0.6) is 0 Å². The zero-order valence-corrected chi connectivity index (χ0v) is 8.82. The molecule has 0 amide bonds.